The number of nitriles is 1. The zero-order valence-electron chi connectivity index (χ0n) is 20.8. The number of rotatable bonds is 4. The van der Waals surface area contributed by atoms with Gasteiger partial charge in [-0.1, -0.05) is 60.7 Å². The Bertz CT molecular complexity index is 1640. The quantitative estimate of drug-likeness (QED) is 0.384. The molecule has 2 bridgehead atoms. The minimum Gasteiger partial charge on any atom is -0.334 e. The highest BCUT2D eigenvalue weighted by atomic mass is 16.2. The fourth-order valence-electron chi connectivity index (χ4n) is 6.51. The number of likely N-dealkylation sites (tertiary alicyclic amines) is 1. The Kier molecular flexibility index (Phi) is 5.20. The van der Waals surface area contributed by atoms with Crippen LogP contribution in [0.3, 0.4) is 0 Å². The van der Waals surface area contributed by atoms with Crippen molar-refractivity contribution in [3.05, 3.63) is 108 Å². The Morgan fingerprint density at radius 1 is 0.923 bits per heavy atom. The van der Waals surface area contributed by atoms with Gasteiger partial charge in [-0.15, -0.1) is 0 Å². The van der Waals surface area contributed by atoms with E-state index >= 15 is 0 Å². The van der Waals surface area contributed by atoms with Gasteiger partial charge in [-0.3, -0.25) is 14.6 Å². The molecule has 3 saturated heterocycles. The summed E-state index contributed by atoms with van der Waals surface area (Å²) in [4.78, 5) is 50.7. The number of piperazine rings is 1. The lowest BCUT2D eigenvalue weighted by Gasteiger charge is -2.37. The molecule has 0 N–H and O–H groups in total. The minimum absolute atomic E-state index is 0.0636. The highest BCUT2D eigenvalue weighted by Crippen LogP contribution is 2.45. The largest absolute Gasteiger partial charge is 0.334 e. The monoisotopic (exact) mass is 513 g/mol. The molecular weight excluding hydrogens is 490 g/mol. The van der Waals surface area contributed by atoms with Crippen molar-refractivity contribution in [1.82, 2.24) is 14.8 Å². The van der Waals surface area contributed by atoms with E-state index in [-0.39, 0.29) is 23.9 Å². The summed E-state index contributed by atoms with van der Waals surface area (Å²) in [6.07, 6.45) is 2.16. The van der Waals surface area contributed by atoms with Gasteiger partial charge in [0.05, 0.1) is 34.8 Å². The highest BCUT2D eigenvalue weighted by Gasteiger charge is 2.63. The molecule has 8 heteroatoms. The summed E-state index contributed by atoms with van der Waals surface area (Å²) < 4.78 is 0. The van der Waals surface area contributed by atoms with Gasteiger partial charge in [0.2, 0.25) is 5.91 Å². The topological polar surface area (TPSA) is 97.6 Å². The molecule has 3 atom stereocenters. The second-order valence-corrected chi connectivity index (χ2v) is 10.2. The molecule has 7 rings (SSSR count). The van der Waals surface area contributed by atoms with Crippen LogP contribution in [0.15, 0.2) is 91.1 Å². The molecule has 3 aromatic carbocycles. The normalized spacial score (nSPS) is 21.6. The smallest absolute Gasteiger partial charge is 0.332 e. The first kappa shape index (κ1) is 23.1. The van der Waals surface area contributed by atoms with Crippen LogP contribution in [0.25, 0.3) is 10.9 Å². The molecule has 3 fully saturated rings. The van der Waals surface area contributed by atoms with Gasteiger partial charge in [-0.05, 0) is 41.8 Å². The zero-order valence-corrected chi connectivity index (χ0v) is 20.8. The molecule has 4 amide bonds. The average molecular weight is 514 g/mol. The Balaban J connectivity index is 1.24. The van der Waals surface area contributed by atoms with Gasteiger partial charge >= 0.3 is 6.03 Å². The van der Waals surface area contributed by atoms with Crippen LogP contribution < -0.4 is 4.90 Å². The van der Waals surface area contributed by atoms with E-state index in [1.807, 2.05) is 65.6 Å². The van der Waals surface area contributed by atoms with Crippen molar-refractivity contribution in [2.75, 3.05) is 11.4 Å². The Labute approximate surface area is 224 Å². The van der Waals surface area contributed by atoms with Crippen molar-refractivity contribution in [2.24, 2.45) is 0 Å². The number of imide groups is 1. The van der Waals surface area contributed by atoms with E-state index < -0.39 is 18.0 Å². The van der Waals surface area contributed by atoms with E-state index in [1.165, 1.54) is 4.90 Å². The summed E-state index contributed by atoms with van der Waals surface area (Å²) in [5.41, 5.74) is 3.00. The van der Waals surface area contributed by atoms with Crippen molar-refractivity contribution in [1.29, 1.82) is 5.26 Å². The molecule has 190 valence electrons. The van der Waals surface area contributed by atoms with E-state index in [0.29, 0.717) is 35.1 Å². The lowest BCUT2D eigenvalue weighted by Crippen LogP contribution is -2.55. The lowest BCUT2D eigenvalue weighted by molar-refractivity contribution is -0.136. The number of benzene rings is 3. The summed E-state index contributed by atoms with van der Waals surface area (Å²) in [5, 5.41) is 10.1. The van der Waals surface area contributed by atoms with E-state index in [9.17, 15) is 19.6 Å². The van der Waals surface area contributed by atoms with E-state index in [0.717, 1.165) is 11.1 Å². The maximum Gasteiger partial charge on any atom is 0.332 e. The summed E-state index contributed by atoms with van der Waals surface area (Å²) in [6.45, 7) is 0.388. The van der Waals surface area contributed by atoms with Gasteiger partial charge in [0.15, 0.2) is 0 Å². The molecule has 3 aliphatic heterocycles. The summed E-state index contributed by atoms with van der Waals surface area (Å²) >= 11 is 0. The third kappa shape index (κ3) is 3.36. The summed E-state index contributed by atoms with van der Waals surface area (Å²) in [6, 6.07) is 26.4. The molecule has 2 unspecified atom stereocenters. The van der Waals surface area contributed by atoms with Crippen molar-refractivity contribution >= 4 is 34.4 Å². The highest BCUT2D eigenvalue weighted by molar-refractivity contribution is 6.25. The van der Waals surface area contributed by atoms with Crippen LogP contribution in [-0.4, -0.2) is 57.3 Å². The molecule has 0 saturated carbocycles. The molecule has 4 aromatic rings. The van der Waals surface area contributed by atoms with E-state index in [1.54, 1.807) is 35.4 Å². The van der Waals surface area contributed by atoms with Gasteiger partial charge < -0.3 is 9.80 Å². The van der Waals surface area contributed by atoms with Crippen LogP contribution in [0.4, 0.5) is 10.5 Å². The van der Waals surface area contributed by atoms with Crippen molar-refractivity contribution in [2.45, 2.75) is 30.5 Å². The van der Waals surface area contributed by atoms with Gasteiger partial charge in [0.1, 0.15) is 12.1 Å². The van der Waals surface area contributed by atoms with E-state index in [4.69, 9.17) is 0 Å². The van der Waals surface area contributed by atoms with Crippen LogP contribution in [0.1, 0.15) is 29.0 Å². The molecule has 39 heavy (non-hydrogen) atoms. The second-order valence-electron chi connectivity index (χ2n) is 10.2. The number of pyridine rings is 1. The fraction of sp³-hybridized carbons (Fsp3) is 0.194. The van der Waals surface area contributed by atoms with Crippen LogP contribution >= 0.6 is 0 Å². The molecule has 8 nitrogen and oxygen atoms in total. The predicted molar refractivity (Wildman–Crippen MR) is 144 cm³/mol. The van der Waals surface area contributed by atoms with Gasteiger partial charge in [-0.2, -0.15) is 5.26 Å². The first-order valence-electron chi connectivity index (χ1n) is 12.9. The second kappa shape index (κ2) is 8.77. The third-order valence-electron chi connectivity index (χ3n) is 8.17. The van der Waals surface area contributed by atoms with Crippen molar-refractivity contribution in [3.63, 3.8) is 0 Å². The predicted octanol–water partition coefficient (Wildman–Crippen LogP) is 4.06. The molecule has 1 aromatic heterocycles. The van der Waals surface area contributed by atoms with Gasteiger partial charge in [0.25, 0.3) is 5.91 Å². The minimum atomic E-state index is -0.741. The number of hydrogen-bond acceptors (Lipinski definition) is 5. The number of nitrogens with zero attached hydrogens (tertiary/aromatic N) is 5. The SMILES string of the molecule is N#Cc1ccc(N2C(=O)C3C4C[C@H](CN4C(=O)C(c4ccccc4)c4ccccc4)N3C2=O)c2cccnc12. The zero-order chi connectivity index (χ0) is 26.7. The van der Waals surface area contributed by atoms with Crippen LogP contribution in [0.2, 0.25) is 0 Å². The van der Waals surface area contributed by atoms with Crippen molar-refractivity contribution < 1.29 is 14.4 Å². The van der Waals surface area contributed by atoms with Crippen LogP contribution in [0.5, 0.6) is 0 Å². The van der Waals surface area contributed by atoms with Gasteiger partial charge in [-0.25, -0.2) is 9.69 Å². The Morgan fingerprint density at radius 2 is 1.62 bits per heavy atom. The number of aromatic nitrogens is 1. The Hall–Kier alpha value is -5.03. The molecule has 0 spiro atoms. The number of carbonyl (C=O) groups is 3. The van der Waals surface area contributed by atoms with Gasteiger partial charge in [0, 0.05) is 18.1 Å². The molecule has 4 heterocycles. The summed E-state index contributed by atoms with van der Waals surface area (Å²) in [7, 11) is 0. The first-order chi connectivity index (χ1) is 19.1. The Morgan fingerprint density at radius 3 is 2.28 bits per heavy atom. The molecule has 0 radical (unpaired) electrons. The first-order valence-corrected chi connectivity index (χ1v) is 12.9. The maximum atomic E-state index is 14.2. The van der Waals surface area contributed by atoms with Crippen LogP contribution in [0, 0.1) is 11.3 Å². The average Bonchev–Trinajstić information content (AvgIpc) is 3.65. The third-order valence-corrected chi connectivity index (χ3v) is 8.17. The van der Waals surface area contributed by atoms with E-state index in [2.05, 4.69) is 11.1 Å². The number of fused-ring (bicyclic) bond motifs is 6. The molecule has 0 aliphatic carbocycles. The number of carbonyl (C=O) groups excluding carboxylic acids is 3. The number of anilines is 1. The molecule has 3 aliphatic rings. The number of amides is 4. The standard InChI is InChI=1S/C31H23N5O3/c32-17-21-13-14-24(23-12-7-15-33-27(21)23)36-30(38)28-25-16-22(35(28)31(36)39)18-34(25)29(37)26(19-8-3-1-4-9-19)20-10-5-2-6-11-20/h1-15,22,25-26,28H,16,18H2/t22-,25?,28?/m1/s1. The number of hydrogen-bond donors (Lipinski definition) is 0. The van der Waals surface area contributed by atoms with Crippen LogP contribution in [-0.2, 0) is 9.59 Å². The van der Waals surface area contributed by atoms with Crippen molar-refractivity contribution in [3.8, 4) is 6.07 Å². The maximum absolute atomic E-state index is 14.2. The number of urea groups is 1. The lowest BCUT2D eigenvalue weighted by atomic mass is 9.89. The summed E-state index contributed by atoms with van der Waals surface area (Å²) in [5.74, 6) is -0.917. The fourth-order valence-corrected chi connectivity index (χ4v) is 6.51. The molecular formula is C31H23N5O3.